The number of aliphatic imine (C=N–C) groups is 4. The van der Waals surface area contributed by atoms with Crippen molar-refractivity contribution in [1.82, 2.24) is 5.32 Å². The van der Waals surface area contributed by atoms with E-state index in [1.54, 1.807) is 24.4 Å². The molecular formula is C9H12ClN5S. The molecule has 0 aromatic rings. The minimum atomic E-state index is -0.122. The molecule has 2 aliphatic heterocycles. The summed E-state index contributed by atoms with van der Waals surface area (Å²) in [5.41, 5.74) is 0. The average Bonchev–Trinajstić information content (AvgIpc) is 2.77. The number of nitrogens with one attached hydrogen (secondary N) is 1. The largest absolute Gasteiger partial charge is 0.332 e. The number of hydrogen-bond donors (Lipinski definition) is 1. The van der Waals surface area contributed by atoms with E-state index in [-0.39, 0.29) is 6.04 Å². The molecule has 2 rings (SSSR count). The number of hydrogen-bond acceptors (Lipinski definition) is 5. The van der Waals surface area contributed by atoms with Crippen LogP contribution in [0.2, 0.25) is 0 Å². The van der Waals surface area contributed by atoms with Gasteiger partial charge < -0.3 is 5.32 Å². The summed E-state index contributed by atoms with van der Waals surface area (Å²) in [4.78, 5) is 16.9. The molecule has 0 bridgehead atoms. The summed E-state index contributed by atoms with van der Waals surface area (Å²) in [7, 11) is 0. The second kappa shape index (κ2) is 6.00. The first-order valence-corrected chi connectivity index (χ1v) is 6.67. The van der Waals surface area contributed by atoms with Crippen molar-refractivity contribution in [2.45, 2.75) is 6.04 Å². The standard InChI is InChI=1S/C9H12ClN5S/c10-1-3-16-4-2-11-8-7-9(13-5-12-7)15-6-14-8/h5-7H,1-4H2,(H,11,12,13,14,15). The van der Waals surface area contributed by atoms with Gasteiger partial charge in [0.25, 0.3) is 0 Å². The fraction of sp³-hybridized carbons (Fsp3) is 0.556. The van der Waals surface area contributed by atoms with E-state index in [0.29, 0.717) is 5.88 Å². The van der Waals surface area contributed by atoms with Crippen LogP contribution < -0.4 is 5.32 Å². The average molecular weight is 258 g/mol. The quantitative estimate of drug-likeness (QED) is 0.585. The Labute approximate surface area is 103 Å². The molecule has 2 aliphatic rings. The molecule has 7 heteroatoms. The van der Waals surface area contributed by atoms with Crippen molar-refractivity contribution in [1.29, 1.82) is 0 Å². The van der Waals surface area contributed by atoms with Crippen molar-refractivity contribution in [3.63, 3.8) is 0 Å². The normalized spacial score (nSPS) is 24.4. The number of halogens is 1. The highest BCUT2D eigenvalue weighted by Gasteiger charge is 2.25. The Morgan fingerprint density at radius 2 is 2.44 bits per heavy atom. The molecule has 0 radical (unpaired) electrons. The van der Waals surface area contributed by atoms with Gasteiger partial charge >= 0.3 is 0 Å². The van der Waals surface area contributed by atoms with Crippen LogP contribution in [0.4, 0.5) is 0 Å². The van der Waals surface area contributed by atoms with Gasteiger partial charge in [-0.15, -0.1) is 11.6 Å². The minimum absolute atomic E-state index is 0.122. The highest BCUT2D eigenvalue weighted by Crippen LogP contribution is 2.07. The zero-order valence-electron chi connectivity index (χ0n) is 8.64. The van der Waals surface area contributed by atoms with Gasteiger partial charge in [0.05, 0.1) is 12.9 Å². The topological polar surface area (TPSA) is 61.5 Å². The van der Waals surface area contributed by atoms with Crippen LogP contribution in [0.3, 0.4) is 0 Å². The minimum Gasteiger partial charge on any atom is -0.332 e. The van der Waals surface area contributed by atoms with Gasteiger partial charge in [-0.2, -0.15) is 11.8 Å². The fourth-order valence-corrected chi connectivity index (χ4v) is 2.21. The first-order valence-electron chi connectivity index (χ1n) is 4.98. The molecule has 1 atom stereocenters. The third-order valence-electron chi connectivity index (χ3n) is 2.06. The fourth-order valence-electron chi connectivity index (χ4n) is 1.35. The van der Waals surface area contributed by atoms with Crippen molar-refractivity contribution in [3.8, 4) is 0 Å². The van der Waals surface area contributed by atoms with E-state index in [2.05, 4.69) is 25.3 Å². The second-order valence-electron chi connectivity index (χ2n) is 3.13. The Balaban J connectivity index is 1.86. The lowest BCUT2D eigenvalue weighted by Gasteiger charge is -2.14. The zero-order chi connectivity index (χ0) is 11.2. The van der Waals surface area contributed by atoms with E-state index < -0.39 is 0 Å². The highest BCUT2D eigenvalue weighted by atomic mass is 35.5. The highest BCUT2D eigenvalue weighted by molar-refractivity contribution is 7.99. The smallest absolute Gasteiger partial charge is 0.168 e. The Morgan fingerprint density at radius 3 is 3.31 bits per heavy atom. The summed E-state index contributed by atoms with van der Waals surface area (Å²) in [6, 6.07) is -0.122. The SMILES string of the molecule is ClCCSCCN=C1N=CNC2=NC=NC12. The lowest BCUT2D eigenvalue weighted by atomic mass is 10.2. The molecule has 0 aromatic heterocycles. The maximum atomic E-state index is 5.58. The lowest BCUT2D eigenvalue weighted by molar-refractivity contribution is 1.03. The van der Waals surface area contributed by atoms with Crippen molar-refractivity contribution < 1.29 is 0 Å². The van der Waals surface area contributed by atoms with E-state index in [1.807, 2.05) is 0 Å². The van der Waals surface area contributed by atoms with Crippen LogP contribution in [-0.4, -0.2) is 54.3 Å². The molecule has 1 N–H and O–H groups in total. The van der Waals surface area contributed by atoms with E-state index >= 15 is 0 Å². The lowest BCUT2D eigenvalue weighted by Crippen LogP contribution is -2.40. The number of thioether (sulfide) groups is 1. The van der Waals surface area contributed by atoms with Gasteiger partial charge in [0.15, 0.2) is 11.9 Å². The van der Waals surface area contributed by atoms with Crippen LogP contribution in [0, 0.1) is 0 Å². The molecule has 0 aliphatic carbocycles. The molecule has 0 saturated carbocycles. The molecular weight excluding hydrogens is 246 g/mol. The van der Waals surface area contributed by atoms with Crippen LogP contribution in [0.15, 0.2) is 20.0 Å². The predicted octanol–water partition coefficient (Wildman–Crippen LogP) is 0.797. The first-order chi connectivity index (χ1) is 7.92. The van der Waals surface area contributed by atoms with Crippen LogP contribution in [0.25, 0.3) is 0 Å². The number of rotatable bonds is 5. The first kappa shape index (κ1) is 11.6. The van der Waals surface area contributed by atoms with Gasteiger partial charge in [-0.3, -0.25) is 9.98 Å². The number of amidine groups is 2. The molecule has 5 nitrogen and oxygen atoms in total. The molecule has 1 unspecified atom stereocenters. The van der Waals surface area contributed by atoms with Gasteiger partial charge in [-0.1, -0.05) is 0 Å². The van der Waals surface area contributed by atoms with E-state index in [0.717, 1.165) is 29.7 Å². The van der Waals surface area contributed by atoms with E-state index in [9.17, 15) is 0 Å². The molecule has 2 heterocycles. The summed E-state index contributed by atoms with van der Waals surface area (Å²) < 4.78 is 0. The van der Waals surface area contributed by atoms with Crippen molar-refractivity contribution >= 4 is 47.7 Å². The summed E-state index contributed by atoms with van der Waals surface area (Å²) in [5.74, 6) is 4.15. The molecule has 16 heavy (non-hydrogen) atoms. The molecule has 0 saturated heterocycles. The summed E-state index contributed by atoms with van der Waals surface area (Å²) in [6.07, 6.45) is 3.15. The van der Waals surface area contributed by atoms with Crippen LogP contribution in [-0.2, 0) is 0 Å². The van der Waals surface area contributed by atoms with Gasteiger partial charge in [-0.05, 0) is 0 Å². The molecule has 0 fully saturated rings. The van der Waals surface area contributed by atoms with Crippen LogP contribution in [0.5, 0.6) is 0 Å². The van der Waals surface area contributed by atoms with Crippen LogP contribution in [0.1, 0.15) is 0 Å². The second-order valence-corrected chi connectivity index (χ2v) is 4.73. The molecule has 86 valence electrons. The Morgan fingerprint density at radius 1 is 1.50 bits per heavy atom. The number of fused-ring (bicyclic) bond motifs is 1. The van der Waals surface area contributed by atoms with E-state index in [4.69, 9.17) is 11.6 Å². The van der Waals surface area contributed by atoms with Gasteiger partial charge in [0, 0.05) is 17.4 Å². The maximum Gasteiger partial charge on any atom is 0.168 e. The third kappa shape index (κ3) is 2.82. The monoisotopic (exact) mass is 257 g/mol. The Kier molecular flexibility index (Phi) is 4.35. The van der Waals surface area contributed by atoms with Gasteiger partial charge in [0.2, 0.25) is 0 Å². The van der Waals surface area contributed by atoms with Gasteiger partial charge in [-0.25, -0.2) is 9.98 Å². The number of alkyl halides is 1. The zero-order valence-corrected chi connectivity index (χ0v) is 10.2. The van der Waals surface area contributed by atoms with Crippen molar-refractivity contribution in [2.75, 3.05) is 23.9 Å². The molecule has 0 aromatic carbocycles. The van der Waals surface area contributed by atoms with Crippen LogP contribution >= 0.6 is 23.4 Å². The van der Waals surface area contributed by atoms with Crippen molar-refractivity contribution in [2.24, 2.45) is 20.0 Å². The predicted molar refractivity (Wildman–Crippen MR) is 71.7 cm³/mol. The summed E-state index contributed by atoms with van der Waals surface area (Å²) in [5, 5.41) is 2.95. The maximum absolute atomic E-state index is 5.58. The molecule has 0 spiro atoms. The van der Waals surface area contributed by atoms with Crippen molar-refractivity contribution in [3.05, 3.63) is 0 Å². The Hall–Kier alpha value is -0.880. The summed E-state index contributed by atoms with van der Waals surface area (Å²) in [6.45, 7) is 0.744. The number of nitrogens with zero attached hydrogens (tertiary/aromatic N) is 4. The molecule has 0 amide bonds. The Bertz CT molecular complexity index is 363. The summed E-state index contributed by atoms with van der Waals surface area (Å²) >= 11 is 7.37. The third-order valence-corrected chi connectivity index (χ3v) is 3.43. The van der Waals surface area contributed by atoms with Gasteiger partial charge in [0.1, 0.15) is 12.2 Å². The van der Waals surface area contributed by atoms with E-state index in [1.165, 1.54) is 0 Å².